The molecule has 28 heavy (non-hydrogen) atoms. The number of hydrazine groups is 1. The lowest BCUT2D eigenvalue weighted by Gasteiger charge is -2.37. The number of hydrogen-bond donors (Lipinski definition) is 2. The fraction of sp³-hybridized carbons (Fsp3) is 0.381. The lowest BCUT2D eigenvalue weighted by molar-refractivity contribution is 0.0544. The van der Waals surface area contributed by atoms with Crippen LogP contribution in [0.15, 0.2) is 53.0 Å². The molecule has 7 heteroatoms. The van der Waals surface area contributed by atoms with E-state index in [1.165, 1.54) is 5.56 Å². The number of carbonyl (C=O) groups excluding carboxylic acids is 1. The minimum absolute atomic E-state index is 0.0979. The van der Waals surface area contributed by atoms with Gasteiger partial charge < -0.3 is 9.64 Å². The molecule has 0 spiro atoms. The monoisotopic (exact) mass is 444 g/mol. The Bertz CT molecular complexity index is 821. The van der Waals surface area contributed by atoms with Gasteiger partial charge in [0.2, 0.25) is 0 Å². The summed E-state index contributed by atoms with van der Waals surface area (Å²) in [5.74, 6) is 0.970. The molecule has 2 heterocycles. The third kappa shape index (κ3) is 4.07. The van der Waals surface area contributed by atoms with Crippen LogP contribution in [0.3, 0.4) is 0 Å². The van der Waals surface area contributed by atoms with Gasteiger partial charge in [0.1, 0.15) is 5.75 Å². The molecule has 6 nitrogen and oxygen atoms in total. The number of nitrogens with one attached hydrogen (secondary N) is 2. The van der Waals surface area contributed by atoms with E-state index >= 15 is 0 Å². The minimum atomic E-state index is 0.0979. The second-order valence-electron chi connectivity index (χ2n) is 7.17. The van der Waals surface area contributed by atoms with Crippen molar-refractivity contribution in [1.29, 1.82) is 0 Å². The smallest absolute Gasteiger partial charge is 0.255 e. The molecule has 0 aromatic heterocycles. The molecule has 0 saturated carbocycles. The van der Waals surface area contributed by atoms with Crippen LogP contribution in [0.25, 0.3) is 0 Å². The Morgan fingerprint density at radius 2 is 1.75 bits per heavy atom. The molecule has 2 aromatic carbocycles. The van der Waals surface area contributed by atoms with Crippen molar-refractivity contribution in [1.82, 2.24) is 20.7 Å². The third-order valence-corrected chi connectivity index (χ3v) is 6.24. The number of nitrogens with zero attached hydrogens (tertiary/aromatic N) is 2. The van der Waals surface area contributed by atoms with Gasteiger partial charge in [-0.3, -0.25) is 9.69 Å². The fourth-order valence-corrected chi connectivity index (χ4v) is 4.33. The summed E-state index contributed by atoms with van der Waals surface area (Å²) in [6.45, 7) is 3.22. The molecule has 2 unspecified atom stereocenters. The molecule has 0 bridgehead atoms. The topological polar surface area (TPSA) is 56.8 Å². The maximum absolute atomic E-state index is 12.8. The van der Waals surface area contributed by atoms with Crippen molar-refractivity contribution < 1.29 is 9.53 Å². The Labute approximate surface area is 173 Å². The summed E-state index contributed by atoms with van der Waals surface area (Å²) in [5, 5.41) is 0. The van der Waals surface area contributed by atoms with Gasteiger partial charge in [-0.2, -0.15) is 0 Å². The van der Waals surface area contributed by atoms with E-state index in [1.54, 1.807) is 7.11 Å². The fourth-order valence-electron chi connectivity index (χ4n) is 3.88. The highest BCUT2D eigenvalue weighted by molar-refractivity contribution is 9.10. The number of benzene rings is 2. The lowest BCUT2D eigenvalue weighted by atomic mass is 10.0. The molecular weight excluding hydrogens is 420 g/mol. The quantitative estimate of drug-likeness (QED) is 0.758. The maximum Gasteiger partial charge on any atom is 0.255 e. The van der Waals surface area contributed by atoms with Gasteiger partial charge in [-0.05, 0) is 52.2 Å². The molecule has 148 valence electrons. The van der Waals surface area contributed by atoms with Crippen LogP contribution in [0.1, 0.15) is 28.4 Å². The summed E-state index contributed by atoms with van der Waals surface area (Å²) in [6.07, 6.45) is 1.26. The molecule has 2 fully saturated rings. The summed E-state index contributed by atoms with van der Waals surface area (Å²) < 4.78 is 6.09. The number of rotatable bonds is 4. The molecule has 0 radical (unpaired) electrons. The Kier molecular flexibility index (Phi) is 5.96. The van der Waals surface area contributed by atoms with Crippen LogP contribution in [0.4, 0.5) is 0 Å². The van der Waals surface area contributed by atoms with Crippen molar-refractivity contribution in [3.8, 4) is 5.75 Å². The SMILES string of the molecule is COc1ccc(C2CC(N3CCN(C(=O)c4ccccc4Br)CC3)NN2)cc1. The number of hydrogen-bond acceptors (Lipinski definition) is 5. The van der Waals surface area contributed by atoms with E-state index in [0.29, 0.717) is 0 Å². The first-order valence-electron chi connectivity index (χ1n) is 9.58. The number of piperazine rings is 1. The van der Waals surface area contributed by atoms with Gasteiger partial charge in [-0.15, -0.1) is 0 Å². The average Bonchev–Trinajstić information content (AvgIpc) is 3.24. The predicted octanol–water partition coefficient (Wildman–Crippen LogP) is 2.78. The van der Waals surface area contributed by atoms with Gasteiger partial charge in [0, 0.05) is 36.7 Å². The zero-order valence-corrected chi connectivity index (χ0v) is 17.5. The van der Waals surface area contributed by atoms with Crippen LogP contribution in [0.2, 0.25) is 0 Å². The molecule has 2 atom stereocenters. The summed E-state index contributed by atoms with van der Waals surface area (Å²) in [5.41, 5.74) is 8.81. The first-order chi connectivity index (χ1) is 13.7. The van der Waals surface area contributed by atoms with Gasteiger partial charge in [0.05, 0.1) is 18.8 Å². The Morgan fingerprint density at radius 1 is 1.04 bits per heavy atom. The van der Waals surface area contributed by atoms with Crippen LogP contribution < -0.4 is 15.6 Å². The third-order valence-electron chi connectivity index (χ3n) is 5.55. The van der Waals surface area contributed by atoms with E-state index in [1.807, 2.05) is 41.3 Å². The zero-order chi connectivity index (χ0) is 19.5. The first kappa shape index (κ1) is 19.4. The average molecular weight is 445 g/mol. The highest BCUT2D eigenvalue weighted by Gasteiger charge is 2.32. The second kappa shape index (κ2) is 8.61. The van der Waals surface area contributed by atoms with Crippen LogP contribution in [0.5, 0.6) is 5.75 Å². The summed E-state index contributed by atoms with van der Waals surface area (Å²) in [7, 11) is 1.68. The van der Waals surface area contributed by atoms with E-state index < -0.39 is 0 Å². The molecule has 1 amide bonds. The van der Waals surface area contributed by atoms with Crippen LogP contribution >= 0.6 is 15.9 Å². The molecule has 2 N–H and O–H groups in total. The van der Waals surface area contributed by atoms with Crippen LogP contribution in [0, 0.1) is 0 Å². The van der Waals surface area contributed by atoms with Gasteiger partial charge in [0.25, 0.3) is 5.91 Å². The number of halogens is 1. The van der Waals surface area contributed by atoms with Crippen molar-refractivity contribution in [3.05, 3.63) is 64.1 Å². The van der Waals surface area contributed by atoms with Gasteiger partial charge in [-0.1, -0.05) is 24.3 Å². The van der Waals surface area contributed by atoms with E-state index in [9.17, 15) is 4.79 Å². The van der Waals surface area contributed by atoms with Crippen LogP contribution in [-0.4, -0.2) is 55.2 Å². The highest BCUT2D eigenvalue weighted by Crippen LogP contribution is 2.26. The second-order valence-corrected chi connectivity index (χ2v) is 8.03. The van der Waals surface area contributed by atoms with E-state index in [0.717, 1.165) is 48.4 Å². The van der Waals surface area contributed by atoms with Crippen molar-refractivity contribution in [2.75, 3.05) is 33.3 Å². The molecule has 2 aromatic rings. The Balaban J connectivity index is 1.32. The van der Waals surface area contributed by atoms with E-state index in [2.05, 4.69) is 43.8 Å². The van der Waals surface area contributed by atoms with E-state index in [-0.39, 0.29) is 18.1 Å². The summed E-state index contributed by atoms with van der Waals surface area (Å²) >= 11 is 3.48. The number of methoxy groups -OCH3 is 1. The number of carbonyl (C=O) groups is 1. The Morgan fingerprint density at radius 3 is 2.43 bits per heavy atom. The van der Waals surface area contributed by atoms with Gasteiger partial charge in [-0.25, -0.2) is 10.9 Å². The normalized spacial score (nSPS) is 23.0. The standard InChI is InChI=1S/C21H25BrN4O2/c1-28-16-8-6-15(7-9-16)19-14-20(24-23-19)25-10-12-26(13-11-25)21(27)17-4-2-3-5-18(17)22/h2-9,19-20,23-24H,10-14H2,1H3. The van der Waals surface area contributed by atoms with Crippen LogP contribution in [-0.2, 0) is 0 Å². The minimum Gasteiger partial charge on any atom is -0.497 e. The first-order valence-corrected chi connectivity index (χ1v) is 10.4. The van der Waals surface area contributed by atoms with Crippen molar-refractivity contribution in [2.45, 2.75) is 18.6 Å². The van der Waals surface area contributed by atoms with Gasteiger partial charge in [0.15, 0.2) is 0 Å². The van der Waals surface area contributed by atoms with Crippen molar-refractivity contribution in [3.63, 3.8) is 0 Å². The molecule has 0 aliphatic carbocycles. The summed E-state index contributed by atoms with van der Waals surface area (Å²) in [6, 6.07) is 16.1. The maximum atomic E-state index is 12.8. The molecule has 2 saturated heterocycles. The molecule has 2 aliphatic rings. The molecule has 2 aliphatic heterocycles. The number of amides is 1. The molecule has 4 rings (SSSR count). The van der Waals surface area contributed by atoms with E-state index in [4.69, 9.17) is 4.74 Å². The van der Waals surface area contributed by atoms with Crippen molar-refractivity contribution >= 4 is 21.8 Å². The summed E-state index contributed by atoms with van der Waals surface area (Å²) in [4.78, 5) is 17.1. The van der Waals surface area contributed by atoms with Gasteiger partial charge >= 0.3 is 0 Å². The highest BCUT2D eigenvalue weighted by atomic mass is 79.9. The largest absolute Gasteiger partial charge is 0.497 e. The lowest BCUT2D eigenvalue weighted by Crippen LogP contribution is -2.55. The Hall–Kier alpha value is -1.93. The molecular formula is C21H25BrN4O2. The zero-order valence-electron chi connectivity index (χ0n) is 15.9. The van der Waals surface area contributed by atoms with Crippen molar-refractivity contribution in [2.24, 2.45) is 0 Å². The predicted molar refractivity (Wildman–Crippen MR) is 112 cm³/mol. The number of ether oxygens (including phenoxy) is 1.